The highest BCUT2D eigenvalue weighted by Crippen LogP contribution is 2.18. The minimum Gasteiger partial charge on any atom is -0.427 e. The molecule has 90 valence electrons. The number of carbonyl (C=O) groups is 1. The van der Waals surface area contributed by atoms with E-state index in [9.17, 15) is 13.2 Å². The Kier molecular flexibility index (Phi) is 2.99. The summed E-state index contributed by atoms with van der Waals surface area (Å²) >= 11 is 0. The molecule has 0 aliphatic carbocycles. The molecule has 1 unspecified atom stereocenters. The van der Waals surface area contributed by atoms with Gasteiger partial charge >= 0.3 is 16.1 Å². The number of rotatable bonds is 3. The molecule has 0 bridgehead atoms. The van der Waals surface area contributed by atoms with Gasteiger partial charge in [-0.3, -0.25) is 0 Å². The van der Waals surface area contributed by atoms with Gasteiger partial charge in [0, 0.05) is 6.08 Å². The quantitative estimate of drug-likeness (QED) is 0.597. The molecular formula is C11H10O5S. The summed E-state index contributed by atoms with van der Waals surface area (Å²) in [4.78, 5) is 10.8. The van der Waals surface area contributed by atoms with Crippen molar-refractivity contribution in [2.24, 2.45) is 0 Å². The highest BCUT2D eigenvalue weighted by atomic mass is 32.2. The minimum absolute atomic E-state index is 0.0273. The van der Waals surface area contributed by atoms with Gasteiger partial charge in [0.2, 0.25) is 6.29 Å². The van der Waals surface area contributed by atoms with Gasteiger partial charge < -0.3 is 4.74 Å². The summed E-state index contributed by atoms with van der Waals surface area (Å²) in [5.74, 6) is -0.617. The van der Waals surface area contributed by atoms with E-state index >= 15 is 0 Å². The van der Waals surface area contributed by atoms with Gasteiger partial charge in [-0.15, -0.1) is 0 Å². The fourth-order valence-corrected chi connectivity index (χ4v) is 2.22. The smallest absolute Gasteiger partial charge is 0.333 e. The van der Waals surface area contributed by atoms with Gasteiger partial charge in [-0.1, -0.05) is 17.7 Å². The van der Waals surface area contributed by atoms with Crippen LogP contribution in [0.3, 0.4) is 0 Å². The lowest BCUT2D eigenvalue weighted by Crippen LogP contribution is -2.18. The molecule has 0 N–H and O–H groups in total. The number of esters is 1. The van der Waals surface area contributed by atoms with Crippen molar-refractivity contribution in [1.82, 2.24) is 0 Å². The highest BCUT2D eigenvalue weighted by Gasteiger charge is 2.25. The molecule has 1 aromatic rings. The van der Waals surface area contributed by atoms with Crippen LogP contribution in [0.4, 0.5) is 0 Å². The first kappa shape index (κ1) is 11.8. The number of carbonyl (C=O) groups excluding carboxylic acids is 1. The fraction of sp³-hybridized carbons (Fsp3) is 0.182. The second-order valence-electron chi connectivity index (χ2n) is 3.53. The molecule has 5 nitrogen and oxygen atoms in total. The van der Waals surface area contributed by atoms with Gasteiger partial charge in [0.1, 0.15) is 0 Å². The number of hydrogen-bond acceptors (Lipinski definition) is 5. The number of benzene rings is 1. The SMILES string of the molecule is Cc1ccc(S(=O)(=O)OC2C=CC(=O)O2)cc1. The Morgan fingerprint density at radius 3 is 2.41 bits per heavy atom. The maximum absolute atomic E-state index is 11.8. The molecule has 1 aliphatic rings. The third kappa shape index (κ3) is 2.72. The minimum atomic E-state index is -3.91. The van der Waals surface area contributed by atoms with Crippen molar-refractivity contribution in [1.29, 1.82) is 0 Å². The summed E-state index contributed by atoms with van der Waals surface area (Å²) in [5.41, 5.74) is 0.941. The number of hydrogen-bond donors (Lipinski definition) is 0. The summed E-state index contributed by atoms with van der Waals surface area (Å²) < 4.78 is 32.8. The molecule has 2 rings (SSSR count). The van der Waals surface area contributed by atoms with E-state index in [2.05, 4.69) is 4.74 Å². The first-order valence-electron chi connectivity index (χ1n) is 4.86. The second kappa shape index (κ2) is 4.31. The van der Waals surface area contributed by atoms with E-state index in [1.165, 1.54) is 18.2 Å². The van der Waals surface area contributed by atoms with E-state index < -0.39 is 22.4 Å². The zero-order valence-corrected chi connectivity index (χ0v) is 9.81. The highest BCUT2D eigenvalue weighted by molar-refractivity contribution is 7.86. The van der Waals surface area contributed by atoms with E-state index in [1.807, 2.05) is 6.92 Å². The largest absolute Gasteiger partial charge is 0.427 e. The number of aryl methyl sites for hydroxylation is 1. The van der Waals surface area contributed by atoms with Gasteiger partial charge in [0.05, 0.1) is 4.90 Å². The average molecular weight is 254 g/mol. The topological polar surface area (TPSA) is 69.7 Å². The van der Waals surface area contributed by atoms with Crippen LogP contribution in [0.25, 0.3) is 0 Å². The van der Waals surface area contributed by atoms with Crippen LogP contribution in [-0.4, -0.2) is 20.7 Å². The summed E-state index contributed by atoms with van der Waals surface area (Å²) in [6.07, 6.45) is 1.19. The predicted octanol–water partition coefficient (Wildman–Crippen LogP) is 1.14. The van der Waals surface area contributed by atoms with Gasteiger partial charge in [-0.05, 0) is 25.1 Å². The van der Waals surface area contributed by atoms with E-state index in [0.29, 0.717) is 0 Å². The van der Waals surface area contributed by atoms with E-state index in [-0.39, 0.29) is 4.90 Å². The van der Waals surface area contributed by atoms with Crippen molar-refractivity contribution in [3.05, 3.63) is 42.0 Å². The molecule has 1 atom stereocenters. The lowest BCUT2D eigenvalue weighted by Gasteiger charge is -2.10. The van der Waals surface area contributed by atoms with Crippen molar-refractivity contribution >= 4 is 16.1 Å². The van der Waals surface area contributed by atoms with Crippen molar-refractivity contribution in [2.45, 2.75) is 18.1 Å². The van der Waals surface area contributed by atoms with Gasteiger partial charge in [0.15, 0.2) is 0 Å². The van der Waals surface area contributed by atoms with Crippen LogP contribution in [0.2, 0.25) is 0 Å². The molecular weight excluding hydrogens is 244 g/mol. The molecule has 6 heteroatoms. The third-order valence-electron chi connectivity index (χ3n) is 2.15. The summed E-state index contributed by atoms with van der Waals surface area (Å²) in [6, 6.07) is 6.19. The van der Waals surface area contributed by atoms with E-state index in [4.69, 9.17) is 4.18 Å². The number of ether oxygens (including phenoxy) is 1. The molecule has 0 spiro atoms. The van der Waals surface area contributed by atoms with Crippen molar-refractivity contribution in [3.63, 3.8) is 0 Å². The van der Waals surface area contributed by atoms with Crippen LogP contribution in [0.5, 0.6) is 0 Å². The van der Waals surface area contributed by atoms with Crippen LogP contribution >= 0.6 is 0 Å². The zero-order chi connectivity index (χ0) is 12.5. The van der Waals surface area contributed by atoms with Crippen LogP contribution in [0, 0.1) is 6.92 Å². The normalized spacial score (nSPS) is 19.4. The Morgan fingerprint density at radius 2 is 1.88 bits per heavy atom. The van der Waals surface area contributed by atoms with E-state index in [1.54, 1.807) is 12.1 Å². The van der Waals surface area contributed by atoms with Crippen molar-refractivity contribution < 1.29 is 22.1 Å². The molecule has 0 fully saturated rings. The molecule has 0 saturated carbocycles. The predicted molar refractivity (Wildman–Crippen MR) is 58.5 cm³/mol. The molecule has 1 aliphatic heterocycles. The lowest BCUT2D eigenvalue weighted by atomic mass is 10.2. The van der Waals surface area contributed by atoms with Crippen LogP contribution in [-0.2, 0) is 23.8 Å². The Bertz CT molecular complexity index is 556. The maximum Gasteiger partial charge on any atom is 0.333 e. The zero-order valence-electron chi connectivity index (χ0n) is 8.99. The Balaban J connectivity index is 2.17. The molecule has 1 heterocycles. The monoisotopic (exact) mass is 254 g/mol. The fourth-order valence-electron chi connectivity index (χ4n) is 1.29. The summed E-state index contributed by atoms with van der Waals surface area (Å²) in [7, 11) is -3.91. The van der Waals surface area contributed by atoms with Crippen LogP contribution < -0.4 is 0 Å². The Hall–Kier alpha value is -1.66. The first-order valence-corrected chi connectivity index (χ1v) is 6.27. The Labute approximate surface area is 98.8 Å². The van der Waals surface area contributed by atoms with Crippen LogP contribution in [0.15, 0.2) is 41.3 Å². The van der Waals surface area contributed by atoms with Crippen molar-refractivity contribution in [3.8, 4) is 0 Å². The molecule has 1 aromatic carbocycles. The lowest BCUT2D eigenvalue weighted by molar-refractivity contribution is -0.147. The second-order valence-corrected chi connectivity index (χ2v) is 5.10. The maximum atomic E-state index is 11.8. The van der Waals surface area contributed by atoms with Gasteiger partial charge in [-0.2, -0.15) is 8.42 Å². The molecule has 0 radical (unpaired) electrons. The third-order valence-corrected chi connectivity index (χ3v) is 3.45. The standard InChI is InChI=1S/C11H10O5S/c1-8-2-4-9(5-3-8)17(13,14)16-11-7-6-10(12)15-11/h2-7,11H,1H3. The number of cyclic esters (lactones) is 1. The van der Waals surface area contributed by atoms with Gasteiger partial charge in [-0.25, -0.2) is 8.98 Å². The Morgan fingerprint density at radius 1 is 1.24 bits per heavy atom. The van der Waals surface area contributed by atoms with Crippen molar-refractivity contribution in [2.75, 3.05) is 0 Å². The summed E-state index contributed by atoms with van der Waals surface area (Å²) in [5, 5.41) is 0. The molecule has 0 saturated heterocycles. The molecule has 0 aromatic heterocycles. The first-order chi connectivity index (χ1) is 7.97. The van der Waals surface area contributed by atoms with E-state index in [0.717, 1.165) is 11.6 Å². The van der Waals surface area contributed by atoms with Gasteiger partial charge in [0.25, 0.3) is 0 Å². The molecule has 0 amide bonds. The van der Waals surface area contributed by atoms with Crippen LogP contribution in [0.1, 0.15) is 5.56 Å². The summed E-state index contributed by atoms with van der Waals surface area (Å²) in [6.45, 7) is 1.85. The average Bonchev–Trinajstić information content (AvgIpc) is 2.63. The molecule has 17 heavy (non-hydrogen) atoms.